The summed E-state index contributed by atoms with van der Waals surface area (Å²) in [5.74, 6) is 0.652. The molecule has 0 atom stereocenters. The average Bonchev–Trinajstić information content (AvgIpc) is 3.03. The molecule has 4 rings (SSSR count). The highest BCUT2D eigenvalue weighted by atomic mass is 16.5. The third-order valence-corrected chi connectivity index (χ3v) is 5.59. The number of nitrogens with zero attached hydrogens (tertiary/aromatic N) is 5. The van der Waals surface area contributed by atoms with Crippen LogP contribution in [0.15, 0.2) is 24.5 Å². The summed E-state index contributed by atoms with van der Waals surface area (Å²) >= 11 is 0. The van der Waals surface area contributed by atoms with Gasteiger partial charge in [0.25, 0.3) is 0 Å². The summed E-state index contributed by atoms with van der Waals surface area (Å²) in [6.45, 7) is 7.93. The van der Waals surface area contributed by atoms with Gasteiger partial charge in [-0.1, -0.05) is 6.07 Å². The van der Waals surface area contributed by atoms with Gasteiger partial charge in [-0.25, -0.2) is 14.8 Å². The highest BCUT2D eigenvalue weighted by Crippen LogP contribution is 2.31. The van der Waals surface area contributed by atoms with Crippen molar-refractivity contribution in [3.8, 4) is 0 Å². The van der Waals surface area contributed by atoms with Gasteiger partial charge in [0.05, 0.1) is 23.4 Å². The van der Waals surface area contributed by atoms with Gasteiger partial charge in [0.1, 0.15) is 11.4 Å². The van der Waals surface area contributed by atoms with E-state index in [2.05, 4.69) is 37.4 Å². The number of aryl methyl sites for hydroxylation is 3. The normalized spacial score (nSPS) is 14.9. The van der Waals surface area contributed by atoms with Crippen molar-refractivity contribution in [2.24, 2.45) is 7.05 Å². The second kappa shape index (κ2) is 8.30. The third kappa shape index (κ3) is 3.81. The van der Waals surface area contributed by atoms with Crippen LogP contribution in [0, 0.1) is 13.8 Å². The monoisotopic (exact) mass is 408 g/mol. The van der Waals surface area contributed by atoms with Crippen LogP contribution in [0.2, 0.25) is 0 Å². The zero-order valence-corrected chi connectivity index (χ0v) is 18.0. The number of fused-ring (bicyclic) bond motifs is 1. The first-order valence-corrected chi connectivity index (χ1v) is 10.4. The van der Waals surface area contributed by atoms with Crippen LogP contribution in [0.4, 0.5) is 11.5 Å². The van der Waals surface area contributed by atoms with Crippen LogP contribution in [0.25, 0.3) is 11.0 Å². The lowest BCUT2D eigenvalue weighted by molar-refractivity contribution is 0.0527. The van der Waals surface area contributed by atoms with Crippen molar-refractivity contribution in [2.45, 2.75) is 39.7 Å². The quantitative estimate of drug-likeness (QED) is 0.649. The fourth-order valence-corrected chi connectivity index (χ4v) is 4.03. The Labute approximate surface area is 176 Å². The van der Waals surface area contributed by atoms with Crippen molar-refractivity contribution in [2.75, 3.05) is 29.9 Å². The SMILES string of the molecule is CCOC(=O)c1cnc2c(c(C)nn2C)c1NC1CCN(c2ccc(C)cn2)CC1. The number of anilines is 2. The van der Waals surface area contributed by atoms with E-state index in [1.54, 1.807) is 17.8 Å². The number of nitrogens with one attached hydrogen (secondary N) is 1. The minimum Gasteiger partial charge on any atom is -0.462 e. The molecule has 1 aliphatic heterocycles. The average molecular weight is 409 g/mol. The standard InChI is InChI=1S/C22H28N6O2/c1-5-30-22(29)17-13-24-21-19(15(3)26-27(21)4)20(17)25-16-8-10-28(11-9-16)18-7-6-14(2)12-23-18/h6-7,12-13,16H,5,8-11H2,1-4H3,(H,24,25). The predicted molar refractivity (Wildman–Crippen MR) is 117 cm³/mol. The first-order valence-electron chi connectivity index (χ1n) is 10.4. The number of hydrogen-bond acceptors (Lipinski definition) is 7. The molecule has 0 amide bonds. The van der Waals surface area contributed by atoms with Crippen LogP contribution < -0.4 is 10.2 Å². The molecule has 1 fully saturated rings. The molecule has 8 heteroatoms. The Bertz CT molecular complexity index is 1050. The number of hydrogen-bond donors (Lipinski definition) is 1. The van der Waals surface area contributed by atoms with Crippen LogP contribution in [-0.2, 0) is 11.8 Å². The Morgan fingerprint density at radius 3 is 2.63 bits per heavy atom. The third-order valence-electron chi connectivity index (χ3n) is 5.59. The summed E-state index contributed by atoms with van der Waals surface area (Å²) in [7, 11) is 1.86. The topological polar surface area (TPSA) is 85.2 Å². The van der Waals surface area contributed by atoms with E-state index in [4.69, 9.17) is 4.74 Å². The molecule has 0 radical (unpaired) electrons. The lowest BCUT2D eigenvalue weighted by Crippen LogP contribution is -2.39. The van der Waals surface area contributed by atoms with Gasteiger partial charge in [0.2, 0.25) is 0 Å². The maximum absolute atomic E-state index is 12.6. The van der Waals surface area contributed by atoms with E-state index >= 15 is 0 Å². The van der Waals surface area contributed by atoms with E-state index in [0.29, 0.717) is 12.2 Å². The van der Waals surface area contributed by atoms with Crippen LogP contribution in [0.3, 0.4) is 0 Å². The van der Waals surface area contributed by atoms with E-state index in [1.165, 1.54) is 0 Å². The zero-order valence-electron chi connectivity index (χ0n) is 18.0. The number of carbonyl (C=O) groups is 1. The Kier molecular flexibility index (Phi) is 5.57. The number of piperidine rings is 1. The van der Waals surface area contributed by atoms with Gasteiger partial charge in [-0.2, -0.15) is 5.10 Å². The molecule has 0 aliphatic carbocycles. The highest BCUT2D eigenvalue weighted by molar-refractivity contribution is 6.05. The molecule has 0 aromatic carbocycles. The molecule has 3 aromatic heterocycles. The summed E-state index contributed by atoms with van der Waals surface area (Å²) in [5, 5.41) is 9.00. The van der Waals surface area contributed by atoms with Gasteiger partial charge in [0.15, 0.2) is 5.65 Å². The molecule has 0 unspecified atom stereocenters. The first kappa shape index (κ1) is 20.1. The van der Waals surface area contributed by atoms with Crippen LogP contribution in [-0.4, -0.2) is 51.5 Å². The molecule has 8 nitrogen and oxygen atoms in total. The number of carbonyl (C=O) groups excluding carboxylic acids is 1. The van der Waals surface area contributed by atoms with Gasteiger partial charge < -0.3 is 15.0 Å². The summed E-state index contributed by atoms with van der Waals surface area (Å²) in [4.78, 5) is 23.9. The van der Waals surface area contributed by atoms with E-state index in [0.717, 1.165) is 59.7 Å². The number of pyridine rings is 2. The first-order chi connectivity index (χ1) is 14.5. The summed E-state index contributed by atoms with van der Waals surface area (Å²) in [6.07, 6.45) is 5.39. The fraction of sp³-hybridized carbons (Fsp3) is 0.455. The van der Waals surface area contributed by atoms with Crippen LogP contribution >= 0.6 is 0 Å². The fourth-order valence-electron chi connectivity index (χ4n) is 4.03. The Hall–Kier alpha value is -3.16. The lowest BCUT2D eigenvalue weighted by atomic mass is 10.0. The largest absolute Gasteiger partial charge is 0.462 e. The van der Waals surface area contributed by atoms with Crippen molar-refractivity contribution < 1.29 is 9.53 Å². The molecule has 1 N–H and O–H groups in total. The molecular formula is C22H28N6O2. The molecule has 4 heterocycles. The Balaban J connectivity index is 1.58. The van der Waals surface area contributed by atoms with Crippen molar-refractivity contribution in [1.29, 1.82) is 0 Å². The smallest absolute Gasteiger partial charge is 0.341 e. The Morgan fingerprint density at radius 2 is 1.97 bits per heavy atom. The van der Waals surface area contributed by atoms with E-state index in [-0.39, 0.29) is 12.0 Å². The molecule has 1 saturated heterocycles. The summed E-state index contributed by atoms with van der Waals surface area (Å²) in [6, 6.07) is 4.41. The van der Waals surface area contributed by atoms with Crippen molar-refractivity contribution >= 4 is 28.5 Å². The maximum atomic E-state index is 12.6. The van der Waals surface area contributed by atoms with Gasteiger partial charge in [-0.15, -0.1) is 0 Å². The van der Waals surface area contributed by atoms with Gasteiger partial charge >= 0.3 is 5.97 Å². The van der Waals surface area contributed by atoms with Crippen molar-refractivity contribution in [1.82, 2.24) is 19.7 Å². The second-order valence-electron chi connectivity index (χ2n) is 7.77. The summed E-state index contributed by atoms with van der Waals surface area (Å²) < 4.78 is 7.02. The number of esters is 1. The van der Waals surface area contributed by atoms with E-state index in [1.807, 2.05) is 27.1 Å². The van der Waals surface area contributed by atoms with E-state index < -0.39 is 0 Å². The van der Waals surface area contributed by atoms with Gasteiger partial charge in [-0.05, 0) is 45.2 Å². The van der Waals surface area contributed by atoms with Gasteiger partial charge in [0, 0.05) is 38.6 Å². The lowest BCUT2D eigenvalue weighted by Gasteiger charge is -2.34. The van der Waals surface area contributed by atoms with Gasteiger partial charge in [-0.3, -0.25) is 4.68 Å². The second-order valence-corrected chi connectivity index (χ2v) is 7.77. The number of ether oxygens (including phenoxy) is 1. The summed E-state index contributed by atoms with van der Waals surface area (Å²) in [5.41, 5.74) is 3.99. The molecule has 30 heavy (non-hydrogen) atoms. The zero-order chi connectivity index (χ0) is 21.3. The molecule has 0 bridgehead atoms. The molecule has 158 valence electrons. The molecule has 3 aromatic rings. The van der Waals surface area contributed by atoms with Crippen molar-refractivity contribution in [3.05, 3.63) is 41.3 Å². The highest BCUT2D eigenvalue weighted by Gasteiger charge is 2.25. The number of aromatic nitrogens is 4. The molecule has 0 saturated carbocycles. The minimum atomic E-state index is -0.362. The molecule has 0 spiro atoms. The van der Waals surface area contributed by atoms with E-state index in [9.17, 15) is 4.79 Å². The maximum Gasteiger partial charge on any atom is 0.341 e. The Morgan fingerprint density at radius 1 is 1.20 bits per heavy atom. The van der Waals surface area contributed by atoms with Crippen LogP contribution in [0.1, 0.15) is 41.4 Å². The molecule has 1 aliphatic rings. The predicted octanol–water partition coefficient (Wildman–Crippen LogP) is 3.24. The molecular weight excluding hydrogens is 380 g/mol. The minimum absolute atomic E-state index is 0.241. The van der Waals surface area contributed by atoms with Crippen LogP contribution in [0.5, 0.6) is 0 Å². The van der Waals surface area contributed by atoms with Crippen molar-refractivity contribution in [3.63, 3.8) is 0 Å². The number of rotatable bonds is 5.